The summed E-state index contributed by atoms with van der Waals surface area (Å²) in [7, 11) is 0. The van der Waals surface area contributed by atoms with Gasteiger partial charge in [-0.15, -0.1) is 0 Å². The fraction of sp³-hybridized carbons (Fsp3) is 0.414. The first-order valence-corrected chi connectivity index (χ1v) is 12.8. The van der Waals surface area contributed by atoms with Crippen molar-refractivity contribution in [3.05, 3.63) is 71.9 Å². The van der Waals surface area contributed by atoms with Crippen LogP contribution in [0.3, 0.4) is 0 Å². The molecule has 0 spiro atoms. The van der Waals surface area contributed by atoms with Crippen molar-refractivity contribution < 1.29 is 14.4 Å². The Morgan fingerprint density at radius 2 is 1.57 bits per heavy atom. The molecule has 0 aliphatic carbocycles. The number of likely N-dealkylation sites (tertiary alicyclic amines) is 1. The molecule has 4 rings (SSSR count). The van der Waals surface area contributed by atoms with Gasteiger partial charge in [-0.3, -0.25) is 14.4 Å². The highest BCUT2D eigenvalue weighted by Gasteiger charge is 2.27. The average Bonchev–Trinajstić information content (AvgIpc) is 3.05. The third kappa shape index (κ3) is 5.99. The quantitative estimate of drug-likeness (QED) is 0.323. The Balaban J connectivity index is 1.58. The van der Waals surface area contributed by atoms with Gasteiger partial charge < -0.3 is 14.4 Å². The summed E-state index contributed by atoms with van der Waals surface area (Å²) in [6, 6.07) is 17.3. The third-order valence-corrected chi connectivity index (χ3v) is 6.78. The number of ketones is 1. The van der Waals surface area contributed by atoms with Gasteiger partial charge >= 0.3 is 0 Å². The van der Waals surface area contributed by atoms with Crippen LogP contribution in [-0.4, -0.2) is 51.6 Å². The topological polar surface area (TPSA) is 62.6 Å². The highest BCUT2D eigenvalue weighted by molar-refractivity contribution is 6.44. The molecule has 35 heavy (non-hydrogen) atoms. The van der Waals surface area contributed by atoms with E-state index in [2.05, 4.69) is 6.92 Å². The van der Waals surface area contributed by atoms with Gasteiger partial charge in [-0.2, -0.15) is 0 Å². The minimum absolute atomic E-state index is 0.0617. The predicted molar refractivity (Wildman–Crippen MR) is 138 cm³/mol. The van der Waals surface area contributed by atoms with Crippen LogP contribution in [0.4, 0.5) is 0 Å². The summed E-state index contributed by atoms with van der Waals surface area (Å²) in [5.41, 5.74) is 2.16. The van der Waals surface area contributed by atoms with E-state index in [4.69, 9.17) is 0 Å². The summed E-state index contributed by atoms with van der Waals surface area (Å²) < 4.78 is 1.83. The zero-order chi connectivity index (χ0) is 24.6. The normalized spacial score (nSPS) is 14.0. The van der Waals surface area contributed by atoms with Crippen LogP contribution in [0.15, 0.2) is 60.8 Å². The molecular weight excluding hydrogens is 438 g/mol. The van der Waals surface area contributed by atoms with E-state index in [1.54, 1.807) is 11.1 Å². The first kappa shape index (κ1) is 24.7. The molecule has 0 saturated carbocycles. The highest BCUT2D eigenvalue weighted by Crippen LogP contribution is 2.23. The van der Waals surface area contributed by atoms with Crippen LogP contribution >= 0.6 is 0 Å². The maximum Gasteiger partial charge on any atom is 0.295 e. The Kier molecular flexibility index (Phi) is 8.35. The minimum Gasteiger partial charge on any atom is -0.341 e. The molecule has 6 heteroatoms. The van der Waals surface area contributed by atoms with Crippen molar-refractivity contribution in [2.24, 2.45) is 0 Å². The number of fused-ring (bicyclic) bond motifs is 1. The van der Waals surface area contributed by atoms with E-state index in [0.29, 0.717) is 24.0 Å². The van der Waals surface area contributed by atoms with Crippen molar-refractivity contribution in [1.82, 2.24) is 14.4 Å². The molecule has 0 N–H and O–H groups in total. The molecule has 3 aromatic rings. The maximum absolute atomic E-state index is 13.5. The summed E-state index contributed by atoms with van der Waals surface area (Å²) in [5, 5.41) is 0.713. The maximum atomic E-state index is 13.5. The second kappa shape index (κ2) is 11.8. The van der Waals surface area contributed by atoms with Gasteiger partial charge in [0.05, 0.1) is 5.56 Å². The molecule has 0 radical (unpaired) electrons. The van der Waals surface area contributed by atoms with Crippen molar-refractivity contribution >= 4 is 28.5 Å². The van der Waals surface area contributed by atoms with E-state index in [-0.39, 0.29) is 12.5 Å². The van der Waals surface area contributed by atoms with E-state index < -0.39 is 11.7 Å². The number of carbonyl (C=O) groups is 3. The van der Waals surface area contributed by atoms with Crippen molar-refractivity contribution in [2.75, 3.05) is 19.6 Å². The number of unbranched alkanes of at least 4 members (excludes halogenated alkanes) is 1. The molecule has 184 valence electrons. The molecule has 2 aromatic carbocycles. The van der Waals surface area contributed by atoms with Crippen molar-refractivity contribution in [3.63, 3.8) is 0 Å². The lowest BCUT2D eigenvalue weighted by Crippen LogP contribution is -2.37. The average molecular weight is 474 g/mol. The molecule has 2 amide bonds. The fourth-order valence-electron chi connectivity index (χ4n) is 4.79. The first-order valence-electron chi connectivity index (χ1n) is 12.8. The lowest BCUT2D eigenvalue weighted by Gasteiger charge is -2.22. The molecule has 6 nitrogen and oxygen atoms in total. The van der Waals surface area contributed by atoms with Gasteiger partial charge in [0.25, 0.3) is 11.7 Å². The summed E-state index contributed by atoms with van der Waals surface area (Å²) in [5.74, 6) is -0.954. The van der Waals surface area contributed by atoms with Crippen LogP contribution in [0, 0.1) is 0 Å². The van der Waals surface area contributed by atoms with Crippen molar-refractivity contribution in [1.29, 1.82) is 0 Å². The molecule has 1 aromatic heterocycles. The number of carbonyl (C=O) groups excluding carboxylic acids is 3. The number of rotatable bonds is 9. The SMILES string of the molecule is CCCCN(Cc1ccccc1)C(=O)C(=O)c1cn(CC(=O)N2CCCCCC2)c2ccccc12. The molecule has 1 saturated heterocycles. The lowest BCUT2D eigenvalue weighted by atomic mass is 10.1. The number of Topliss-reactive ketones (excluding diaryl/α,β-unsaturated/α-hetero) is 1. The Bertz CT molecular complexity index is 1160. The second-order valence-electron chi connectivity index (χ2n) is 9.38. The predicted octanol–water partition coefficient (Wildman–Crippen LogP) is 5.06. The standard InChI is InChI=1S/C29H35N3O3/c1-2-3-17-31(20-23-13-7-6-8-14-23)29(35)28(34)25-21-32(26-16-10-9-15-24(25)26)22-27(33)30-18-11-4-5-12-19-30/h6-10,13-16,21H,2-5,11-12,17-20,22H2,1H3. The summed E-state index contributed by atoms with van der Waals surface area (Å²) >= 11 is 0. The van der Waals surface area contributed by atoms with E-state index in [1.165, 1.54) is 0 Å². The van der Waals surface area contributed by atoms with Gasteiger partial charge in [0.15, 0.2) is 0 Å². The molecule has 0 unspecified atom stereocenters. The fourth-order valence-corrected chi connectivity index (χ4v) is 4.79. The van der Waals surface area contributed by atoms with Crippen LogP contribution in [-0.2, 0) is 22.7 Å². The largest absolute Gasteiger partial charge is 0.341 e. The molecule has 2 heterocycles. The van der Waals surface area contributed by atoms with Crippen molar-refractivity contribution in [2.45, 2.75) is 58.5 Å². The number of hydrogen-bond donors (Lipinski definition) is 0. The number of benzene rings is 2. The summed E-state index contributed by atoms with van der Waals surface area (Å²) in [6.07, 6.45) is 7.85. The Morgan fingerprint density at radius 1 is 0.886 bits per heavy atom. The zero-order valence-corrected chi connectivity index (χ0v) is 20.6. The number of hydrogen-bond acceptors (Lipinski definition) is 3. The van der Waals surface area contributed by atoms with Crippen LogP contribution in [0.1, 0.15) is 61.4 Å². The smallest absolute Gasteiger partial charge is 0.295 e. The van der Waals surface area contributed by atoms with E-state index in [0.717, 1.165) is 62.7 Å². The monoisotopic (exact) mass is 473 g/mol. The van der Waals surface area contributed by atoms with Crippen LogP contribution in [0.2, 0.25) is 0 Å². The summed E-state index contributed by atoms with van der Waals surface area (Å²) in [4.78, 5) is 43.5. The number of amides is 2. The van der Waals surface area contributed by atoms with E-state index >= 15 is 0 Å². The molecule has 1 aliphatic rings. The molecule has 0 bridgehead atoms. The van der Waals surface area contributed by atoms with Gasteiger partial charge in [-0.25, -0.2) is 0 Å². The second-order valence-corrected chi connectivity index (χ2v) is 9.38. The summed E-state index contributed by atoms with van der Waals surface area (Å²) in [6.45, 7) is 4.75. The third-order valence-electron chi connectivity index (χ3n) is 6.78. The first-order chi connectivity index (χ1) is 17.1. The van der Waals surface area contributed by atoms with E-state index in [9.17, 15) is 14.4 Å². The number of para-hydroxylation sites is 1. The van der Waals surface area contributed by atoms with Gasteiger partial charge in [0.2, 0.25) is 5.91 Å². The van der Waals surface area contributed by atoms with Crippen LogP contribution < -0.4 is 0 Å². The molecule has 1 fully saturated rings. The Hall–Kier alpha value is -3.41. The molecule has 1 aliphatic heterocycles. The zero-order valence-electron chi connectivity index (χ0n) is 20.6. The number of aromatic nitrogens is 1. The van der Waals surface area contributed by atoms with Gasteiger partial charge in [0, 0.05) is 43.3 Å². The van der Waals surface area contributed by atoms with Crippen LogP contribution in [0.5, 0.6) is 0 Å². The lowest BCUT2D eigenvalue weighted by molar-refractivity contribution is -0.131. The minimum atomic E-state index is -0.519. The number of nitrogens with zero attached hydrogens (tertiary/aromatic N) is 3. The van der Waals surface area contributed by atoms with E-state index in [1.807, 2.05) is 64.1 Å². The highest BCUT2D eigenvalue weighted by atomic mass is 16.2. The van der Waals surface area contributed by atoms with Crippen LogP contribution in [0.25, 0.3) is 10.9 Å². The molecule has 0 atom stereocenters. The van der Waals surface area contributed by atoms with Gasteiger partial charge in [-0.1, -0.05) is 74.7 Å². The Morgan fingerprint density at radius 3 is 2.29 bits per heavy atom. The van der Waals surface area contributed by atoms with Crippen molar-refractivity contribution in [3.8, 4) is 0 Å². The molecular formula is C29H35N3O3. The van der Waals surface area contributed by atoms with Gasteiger partial charge in [0.1, 0.15) is 6.54 Å². The van der Waals surface area contributed by atoms with Gasteiger partial charge in [-0.05, 0) is 30.9 Å². The Labute approximate surface area is 207 Å².